The molecule has 0 aromatic heterocycles. The molecule has 6 atom stereocenters. The zero-order valence-electron chi connectivity index (χ0n) is 69.6. The van der Waals surface area contributed by atoms with Crippen molar-refractivity contribution in [1.29, 1.82) is 0 Å². The Bertz CT molecular complexity index is 2220. The third kappa shape index (κ3) is 76.2. The van der Waals surface area contributed by atoms with Crippen molar-refractivity contribution in [2.45, 2.75) is 400 Å². The van der Waals surface area contributed by atoms with Crippen LogP contribution < -0.4 is 60.6 Å². The average Bonchev–Trinajstić information content (AvgIpc) is 0.913. The largest absolute Gasteiger partial charge is 1.00 e. The van der Waals surface area contributed by atoms with Crippen LogP contribution in [0.15, 0.2) is 24.3 Å². The number of allylic oxidation sites excluding steroid dienone is 4. The number of rotatable bonds is 82. The number of phosphoric acid groups is 2. The summed E-state index contributed by atoms with van der Waals surface area (Å²) in [5.74, 6) is -2.28. The van der Waals surface area contributed by atoms with Crippen LogP contribution in [-0.2, 0) is 74.9 Å². The standard InChI is InChI=1S/C83H156N4O19P2.Na/c1-7-13-19-25-29-33-37-43-47-53-75(88)67-79(90)86-73(69-99-63-59-77(55-49-41-23-17-11-5)105-81(92)57-51-45-39-35-31-27-21-15-9-3)71-103-107(95,96)101-65-61-84-83(94)85-62-66-102-108(97,98)104-72-74(87-80(91)68-76(89)54-48-44-38-34-30-26-20-14-8-2)70-100-64-60-78(56-50-42-24-18-12-6)106-82(93)58-52-46-40-36-32-28-22-16-10-4;/h35-36,39-40,73-74,77-78H,7-34,37-38,41-72H2,1-6H3,(H,86,90)(H,87,91)(H,95,96)(H,97,98)(H2,84,85,94);/q;+1/p-2/b39-35+,40-36+;. The van der Waals surface area contributed by atoms with Crippen LogP contribution in [0, 0.1) is 0 Å². The molecule has 0 aromatic carbocycles. The predicted molar refractivity (Wildman–Crippen MR) is 428 cm³/mol. The van der Waals surface area contributed by atoms with E-state index in [1.54, 1.807) is 0 Å². The quantitative estimate of drug-likeness (QED) is 0.0110. The second-order valence-electron chi connectivity index (χ2n) is 29.2. The number of amides is 4. The van der Waals surface area contributed by atoms with E-state index in [0.29, 0.717) is 64.2 Å². The molecule has 6 unspecified atom stereocenters. The van der Waals surface area contributed by atoms with E-state index in [-0.39, 0.29) is 105 Å². The van der Waals surface area contributed by atoms with E-state index in [2.05, 4.69) is 87.1 Å². The normalized spacial score (nSPS) is 13.8. The van der Waals surface area contributed by atoms with Crippen molar-refractivity contribution in [3.05, 3.63) is 24.3 Å². The van der Waals surface area contributed by atoms with E-state index in [1.165, 1.54) is 89.9 Å². The van der Waals surface area contributed by atoms with Gasteiger partial charge in [-0.3, -0.25) is 37.9 Å². The van der Waals surface area contributed by atoms with Crippen molar-refractivity contribution in [3.63, 3.8) is 0 Å². The molecule has 0 aliphatic carbocycles. The Kier molecular flexibility index (Phi) is 78.4. The third-order valence-electron chi connectivity index (χ3n) is 18.7. The van der Waals surface area contributed by atoms with Gasteiger partial charge in [0.25, 0.3) is 15.6 Å². The van der Waals surface area contributed by atoms with Gasteiger partial charge in [0, 0.05) is 51.6 Å². The topological polar surface area (TPSA) is 322 Å². The minimum Gasteiger partial charge on any atom is -0.756 e. The molecule has 0 fully saturated rings. The molecule has 0 bridgehead atoms. The second kappa shape index (κ2) is 79.0. The molecule has 0 aliphatic rings. The first-order chi connectivity index (χ1) is 52.3. The van der Waals surface area contributed by atoms with Gasteiger partial charge in [0.15, 0.2) is 0 Å². The summed E-state index contributed by atoms with van der Waals surface area (Å²) in [5, 5.41) is 10.2. The summed E-state index contributed by atoms with van der Waals surface area (Å²) in [4.78, 5) is 117. The van der Waals surface area contributed by atoms with Crippen molar-refractivity contribution in [1.82, 2.24) is 21.3 Å². The molecule has 0 spiro atoms. The zero-order valence-corrected chi connectivity index (χ0v) is 73.4. The number of hydrogen-bond acceptors (Lipinski definition) is 19. The van der Waals surface area contributed by atoms with Gasteiger partial charge in [0.1, 0.15) is 23.8 Å². The van der Waals surface area contributed by atoms with E-state index in [1.807, 2.05) is 0 Å². The van der Waals surface area contributed by atoms with Gasteiger partial charge in [-0.15, -0.1) is 0 Å². The van der Waals surface area contributed by atoms with Crippen LogP contribution in [0.5, 0.6) is 0 Å². The maximum atomic E-state index is 13.3. The number of Topliss-reactive ketones (excluding diaryl/α,β-unsaturated/α-hetero) is 2. The fourth-order valence-electron chi connectivity index (χ4n) is 12.2. The number of phosphoric ester groups is 2. The number of ketones is 2. The van der Waals surface area contributed by atoms with Gasteiger partial charge in [0.05, 0.1) is 77.8 Å². The molecule has 23 nitrogen and oxygen atoms in total. The summed E-state index contributed by atoms with van der Waals surface area (Å²) >= 11 is 0. The predicted octanol–water partition coefficient (Wildman–Crippen LogP) is 15.8. The summed E-state index contributed by atoms with van der Waals surface area (Å²) in [7, 11) is -10.1. The molecule has 0 rings (SSSR count). The zero-order chi connectivity index (χ0) is 79.5. The number of hydrogen-bond donors (Lipinski definition) is 4. The Morgan fingerprint density at radius 1 is 0.339 bits per heavy atom. The number of carbonyl (C=O) groups is 7. The molecule has 0 aliphatic heterocycles. The molecule has 0 aromatic rings. The van der Waals surface area contributed by atoms with Gasteiger partial charge in [-0.05, 0) is 89.9 Å². The number of ether oxygens (including phenoxy) is 4. The monoisotopic (exact) mass is 1600 g/mol. The van der Waals surface area contributed by atoms with E-state index in [4.69, 9.17) is 37.0 Å². The van der Waals surface area contributed by atoms with Crippen LogP contribution in [0.2, 0.25) is 0 Å². The average molecular weight is 1600 g/mol. The first kappa shape index (κ1) is 108. The van der Waals surface area contributed by atoms with Gasteiger partial charge in [-0.1, -0.05) is 258 Å². The Labute approximate surface area is 683 Å². The van der Waals surface area contributed by atoms with Crippen LogP contribution in [0.4, 0.5) is 4.79 Å². The van der Waals surface area contributed by atoms with E-state index in [0.717, 1.165) is 154 Å². The summed E-state index contributed by atoms with van der Waals surface area (Å²) in [5.41, 5.74) is 0. The Hall–Kier alpha value is -2.89. The van der Waals surface area contributed by atoms with Gasteiger partial charge < -0.3 is 68.1 Å². The van der Waals surface area contributed by atoms with Crippen LogP contribution in [0.25, 0.3) is 0 Å². The first-order valence-corrected chi connectivity index (χ1v) is 45.9. The minimum absolute atomic E-state index is 0. The molecule has 4 N–H and O–H groups in total. The van der Waals surface area contributed by atoms with E-state index in [9.17, 15) is 52.5 Å². The minimum atomic E-state index is -5.06. The van der Waals surface area contributed by atoms with Gasteiger partial charge in [0.2, 0.25) is 11.8 Å². The molecule has 632 valence electrons. The maximum Gasteiger partial charge on any atom is 1.00 e. The second-order valence-corrected chi connectivity index (χ2v) is 32.1. The van der Waals surface area contributed by atoms with Crippen LogP contribution >= 0.6 is 15.6 Å². The first-order valence-electron chi connectivity index (χ1n) is 43.0. The Morgan fingerprint density at radius 3 is 0.963 bits per heavy atom. The summed E-state index contributed by atoms with van der Waals surface area (Å²) in [6, 6.07) is -2.88. The number of urea groups is 1. The summed E-state index contributed by atoms with van der Waals surface area (Å²) < 4.78 is 70.4. The third-order valence-corrected chi connectivity index (χ3v) is 20.6. The van der Waals surface area contributed by atoms with Crippen molar-refractivity contribution in [2.75, 3.05) is 65.9 Å². The van der Waals surface area contributed by atoms with E-state index < -0.39 is 97.1 Å². The maximum absolute atomic E-state index is 13.3. The number of unbranched alkanes of at least 4 members (excludes halogenated alkanes) is 34. The van der Waals surface area contributed by atoms with Gasteiger partial charge >= 0.3 is 47.5 Å². The molecule has 109 heavy (non-hydrogen) atoms. The molecule has 0 saturated carbocycles. The number of carbonyl (C=O) groups excluding carboxylic acids is 7. The fourth-order valence-corrected chi connectivity index (χ4v) is 13.7. The van der Waals surface area contributed by atoms with Crippen molar-refractivity contribution in [2.24, 2.45) is 0 Å². The van der Waals surface area contributed by atoms with Crippen molar-refractivity contribution in [3.8, 4) is 0 Å². The molecule has 0 saturated heterocycles. The van der Waals surface area contributed by atoms with E-state index >= 15 is 0 Å². The number of nitrogens with one attached hydrogen (secondary N) is 4. The van der Waals surface area contributed by atoms with Gasteiger partial charge in [-0.2, -0.15) is 0 Å². The molecule has 26 heteroatoms. The summed E-state index contributed by atoms with van der Waals surface area (Å²) in [6.45, 7) is 9.87. The number of esters is 2. The Balaban J connectivity index is 0. The molecule has 4 amide bonds. The molecular weight excluding hydrogens is 1440 g/mol. The van der Waals surface area contributed by atoms with Crippen LogP contribution in [0.3, 0.4) is 0 Å². The van der Waals surface area contributed by atoms with Crippen LogP contribution in [0.1, 0.15) is 375 Å². The molecule has 0 radical (unpaired) electrons. The Morgan fingerprint density at radius 2 is 0.633 bits per heavy atom. The molecular formula is C83H154N4NaO19P2-. The SMILES string of the molecule is CCCCCC/C=C/CCCC(=O)OC(CCCCCCC)CCOCC(COP(=O)([O-])OCCNC(=O)NCCOP(=O)([O-])OCC(COCCC(CCCCCCC)OC(=O)CCC/C=C/CCCCCC)NC(=O)CC(=O)CCCCCCCCCCC)NC(=O)CC(=O)CCCCCCCCCCC.[Na+]. The van der Waals surface area contributed by atoms with Crippen molar-refractivity contribution < 1.29 is 119 Å². The smallest absolute Gasteiger partial charge is 0.756 e. The fraction of sp³-hybridized carbons (Fsp3) is 0.867. The van der Waals surface area contributed by atoms with Crippen LogP contribution in [-0.4, -0.2) is 132 Å². The van der Waals surface area contributed by atoms with Crippen molar-refractivity contribution >= 4 is 57.0 Å². The molecule has 0 heterocycles. The summed E-state index contributed by atoms with van der Waals surface area (Å²) in [6.07, 6.45) is 54.4. The van der Waals surface area contributed by atoms with Gasteiger partial charge in [-0.25, -0.2) is 4.79 Å².